The van der Waals surface area contributed by atoms with Crippen LogP contribution in [-0.4, -0.2) is 11.0 Å². The molecular weight excluding hydrogens is 288 g/mol. The average molecular weight is 306 g/mol. The predicted octanol–water partition coefficient (Wildman–Crippen LogP) is 3.86. The Morgan fingerprint density at radius 3 is 2.22 bits per heavy atom. The van der Waals surface area contributed by atoms with Crippen LogP contribution in [0.2, 0.25) is 0 Å². The molecule has 0 radical (unpaired) electrons. The topological polar surface area (TPSA) is 73.1 Å². The third-order valence-corrected chi connectivity index (χ3v) is 3.48. The predicted molar refractivity (Wildman–Crippen MR) is 91.0 cm³/mol. The molecule has 0 aliphatic heterocycles. The van der Waals surface area contributed by atoms with Gasteiger partial charge in [0.15, 0.2) is 0 Å². The first-order chi connectivity index (χ1) is 10.9. The van der Waals surface area contributed by atoms with Gasteiger partial charge in [0, 0.05) is 5.69 Å². The number of carbonyl (C=O) groups is 1. The summed E-state index contributed by atoms with van der Waals surface area (Å²) in [5.41, 5.74) is 4.45. The lowest BCUT2D eigenvalue weighted by atomic mass is 10.0. The van der Waals surface area contributed by atoms with Crippen molar-refractivity contribution >= 4 is 17.7 Å². The second kappa shape index (κ2) is 6.80. The number of nitrogens with zero attached hydrogens (tertiary/aromatic N) is 1. The number of hydrogen-bond donors (Lipinski definition) is 2. The Morgan fingerprint density at radius 1 is 1.13 bits per heavy atom. The molecule has 0 bridgehead atoms. The Balaban J connectivity index is 2.28. The maximum atomic E-state index is 12.4. The highest BCUT2D eigenvalue weighted by molar-refractivity contribution is 6.10. The SMILES string of the molecule is Cc1cc(C)c(NC(=O)/C(C#N)=C/c2ccc(O)cc2)c(C)c1. The fourth-order valence-corrected chi connectivity index (χ4v) is 2.44. The van der Waals surface area contributed by atoms with Crippen molar-refractivity contribution < 1.29 is 9.90 Å². The zero-order valence-corrected chi connectivity index (χ0v) is 13.3. The molecule has 1 amide bonds. The summed E-state index contributed by atoms with van der Waals surface area (Å²) in [4.78, 5) is 12.4. The number of phenolic OH excluding ortho intramolecular Hbond substituents is 1. The fourth-order valence-electron chi connectivity index (χ4n) is 2.44. The van der Waals surface area contributed by atoms with Crippen LogP contribution in [0.15, 0.2) is 42.0 Å². The number of nitriles is 1. The number of nitrogens with one attached hydrogen (secondary N) is 1. The van der Waals surface area contributed by atoms with E-state index in [9.17, 15) is 15.2 Å². The second-order valence-corrected chi connectivity index (χ2v) is 5.49. The number of benzene rings is 2. The van der Waals surface area contributed by atoms with E-state index < -0.39 is 5.91 Å². The van der Waals surface area contributed by atoms with Crippen molar-refractivity contribution in [2.45, 2.75) is 20.8 Å². The molecule has 2 rings (SSSR count). The molecule has 4 nitrogen and oxygen atoms in total. The van der Waals surface area contributed by atoms with Crippen LogP contribution in [-0.2, 0) is 4.79 Å². The highest BCUT2D eigenvalue weighted by Gasteiger charge is 2.12. The zero-order chi connectivity index (χ0) is 17.0. The minimum atomic E-state index is -0.448. The Kier molecular flexibility index (Phi) is 4.82. The lowest BCUT2D eigenvalue weighted by molar-refractivity contribution is -0.112. The number of anilines is 1. The summed E-state index contributed by atoms with van der Waals surface area (Å²) in [6.45, 7) is 5.84. The van der Waals surface area contributed by atoms with E-state index in [-0.39, 0.29) is 11.3 Å². The van der Waals surface area contributed by atoms with Gasteiger partial charge in [-0.05, 0) is 55.7 Å². The smallest absolute Gasteiger partial charge is 0.266 e. The number of rotatable bonds is 3. The van der Waals surface area contributed by atoms with Crippen LogP contribution in [0.5, 0.6) is 5.75 Å². The molecule has 4 heteroatoms. The minimum Gasteiger partial charge on any atom is -0.508 e. The second-order valence-electron chi connectivity index (χ2n) is 5.49. The van der Waals surface area contributed by atoms with Gasteiger partial charge in [-0.3, -0.25) is 4.79 Å². The van der Waals surface area contributed by atoms with Crippen molar-refractivity contribution in [2.75, 3.05) is 5.32 Å². The lowest BCUT2D eigenvalue weighted by Gasteiger charge is -2.12. The number of aryl methyl sites for hydroxylation is 3. The summed E-state index contributed by atoms with van der Waals surface area (Å²) >= 11 is 0. The molecule has 2 aromatic carbocycles. The van der Waals surface area contributed by atoms with Crippen LogP contribution in [0, 0.1) is 32.1 Å². The summed E-state index contributed by atoms with van der Waals surface area (Å²) in [5.74, 6) is -0.313. The van der Waals surface area contributed by atoms with Gasteiger partial charge in [-0.25, -0.2) is 0 Å². The van der Waals surface area contributed by atoms with E-state index >= 15 is 0 Å². The van der Waals surface area contributed by atoms with Gasteiger partial charge in [-0.2, -0.15) is 5.26 Å². The van der Waals surface area contributed by atoms with Crippen LogP contribution < -0.4 is 5.32 Å². The van der Waals surface area contributed by atoms with Crippen molar-refractivity contribution in [3.05, 3.63) is 64.2 Å². The molecular formula is C19H18N2O2. The molecule has 0 heterocycles. The lowest BCUT2D eigenvalue weighted by Crippen LogP contribution is -2.15. The number of hydrogen-bond acceptors (Lipinski definition) is 3. The van der Waals surface area contributed by atoms with E-state index in [0.717, 1.165) is 22.4 Å². The van der Waals surface area contributed by atoms with E-state index in [1.54, 1.807) is 12.1 Å². The summed E-state index contributed by atoms with van der Waals surface area (Å²) in [6.07, 6.45) is 1.49. The van der Waals surface area contributed by atoms with Crippen LogP contribution >= 0.6 is 0 Å². The number of carbonyl (C=O) groups excluding carboxylic acids is 1. The molecule has 0 saturated carbocycles. The number of amides is 1. The summed E-state index contributed by atoms with van der Waals surface area (Å²) in [6, 6.07) is 12.2. The van der Waals surface area contributed by atoms with Crippen molar-refractivity contribution in [1.29, 1.82) is 5.26 Å². The van der Waals surface area contributed by atoms with Gasteiger partial charge >= 0.3 is 0 Å². The highest BCUT2D eigenvalue weighted by atomic mass is 16.3. The Hall–Kier alpha value is -3.06. The van der Waals surface area contributed by atoms with Gasteiger partial charge in [0.05, 0.1) is 0 Å². The molecule has 0 spiro atoms. The van der Waals surface area contributed by atoms with E-state index in [1.807, 2.05) is 39.0 Å². The minimum absolute atomic E-state index is 0.00932. The van der Waals surface area contributed by atoms with E-state index in [2.05, 4.69) is 5.32 Å². The first kappa shape index (κ1) is 16.3. The van der Waals surface area contributed by atoms with Crippen molar-refractivity contribution in [1.82, 2.24) is 0 Å². The van der Waals surface area contributed by atoms with Gasteiger partial charge in [0.1, 0.15) is 17.4 Å². The zero-order valence-electron chi connectivity index (χ0n) is 13.3. The van der Waals surface area contributed by atoms with Gasteiger partial charge in [-0.1, -0.05) is 29.8 Å². The quantitative estimate of drug-likeness (QED) is 0.668. The molecule has 0 aliphatic carbocycles. The first-order valence-corrected chi connectivity index (χ1v) is 7.20. The monoisotopic (exact) mass is 306 g/mol. The Bertz CT molecular complexity index is 789. The van der Waals surface area contributed by atoms with Crippen molar-refractivity contribution in [3.8, 4) is 11.8 Å². The van der Waals surface area contributed by atoms with Crippen molar-refractivity contribution in [2.24, 2.45) is 0 Å². The molecule has 2 aromatic rings. The number of phenols is 1. The van der Waals surface area contributed by atoms with Crippen LogP contribution in [0.4, 0.5) is 5.69 Å². The third-order valence-electron chi connectivity index (χ3n) is 3.48. The fraction of sp³-hybridized carbons (Fsp3) is 0.158. The van der Waals surface area contributed by atoms with Gasteiger partial charge < -0.3 is 10.4 Å². The van der Waals surface area contributed by atoms with Gasteiger partial charge in [0.25, 0.3) is 5.91 Å². The van der Waals surface area contributed by atoms with E-state index in [0.29, 0.717) is 5.56 Å². The standard InChI is InChI=1S/C19H18N2O2/c1-12-8-13(2)18(14(3)9-12)21-19(23)16(11-20)10-15-4-6-17(22)7-5-15/h4-10,22H,1-3H3,(H,21,23)/b16-10+. The molecule has 116 valence electrons. The van der Waals surface area contributed by atoms with Crippen LogP contribution in [0.3, 0.4) is 0 Å². The molecule has 0 unspecified atom stereocenters. The number of aromatic hydroxyl groups is 1. The Labute approximate surface area is 135 Å². The maximum Gasteiger partial charge on any atom is 0.266 e. The Morgan fingerprint density at radius 2 is 1.70 bits per heavy atom. The highest BCUT2D eigenvalue weighted by Crippen LogP contribution is 2.23. The summed E-state index contributed by atoms with van der Waals surface area (Å²) in [5, 5.41) is 21.3. The average Bonchev–Trinajstić information content (AvgIpc) is 2.50. The van der Waals surface area contributed by atoms with Gasteiger partial charge in [-0.15, -0.1) is 0 Å². The van der Waals surface area contributed by atoms with E-state index in [4.69, 9.17) is 0 Å². The maximum absolute atomic E-state index is 12.4. The molecule has 0 fully saturated rings. The molecule has 0 aromatic heterocycles. The molecule has 0 atom stereocenters. The summed E-state index contributed by atoms with van der Waals surface area (Å²) in [7, 11) is 0. The van der Waals surface area contributed by atoms with Crippen LogP contribution in [0.1, 0.15) is 22.3 Å². The molecule has 23 heavy (non-hydrogen) atoms. The molecule has 0 saturated heterocycles. The van der Waals surface area contributed by atoms with Gasteiger partial charge in [0.2, 0.25) is 0 Å². The normalized spacial score (nSPS) is 11.0. The largest absolute Gasteiger partial charge is 0.508 e. The summed E-state index contributed by atoms with van der Waals surface area (Å²) < 4.78 is 0. The van der Waals surface area contributed by atoms with Crippen LogP contribution in [0.25, 0.3) is 6.08 Å². The third kappa shape index (κ3) is 3.98. The molecule has 2 N–H and O–H groups in total. The van der Waals surface area contributed by atoms with E-state index in [1.165, 1.54) is 18.2 Å². The molecule has 0 aliphatic rings. The first-order valence-electron chi connectivity index (χ1n) is 7.20. The van der Waals surface area contributed by atoms with Crippen molar-refractivity contribution in [3.63, 3.8) is 0 Å².